The molecule has 0 saturated heterocycles. The predicted molar refractivity (Wildman–Crippen MR) is 137 cm³/mol. The molecule has 0 radical (unpaired) electrons. The molecule has 0 unspecified atom stereocenters. The molecule has 0 spiro atoms. The highest BCUT2D eigenvalue weighted by Gasteiger charge is 2.27. The number of hydrogen-bond acceptors (Lipinski definition) is 5. The van der Waals surface area contributed by atoms with Crippen molar-refractivity contribution in [3.63, 3.8) is 0 Å². The Bertz CT molecular complexity index is 1490. The molecule has 2 heterocycles. The third kappa shape index (κ3) is 4.19. The number of nitrogens with zero attached hydrogens (tertiary/aromatic N) is 3. The second kappa shape index (κ2) is 9.56. The van der Waals surface area contributed by atoms with Crippen LogP contribution >= 0.6 is 11.3 Å². The van der Waals surface area contributed by atoms with E-state index >= 15 is 0 Å². The van der Waals surface area contributed by atoms with E-state index in [4.69, 9.17) is 0 Å². The number of hydrogen-bond donors (Lipinski definition) is 1. The predicted octanol–water partition coefficient (Wildman–Crippen LogP) is 3.23. The summed E-state index contributed by atoms with van der Waals surface area (Å²) in [7, 11) is 3.06. The molecular weight excluding hydrogens is 450 g/mol. The largest absolute Gasteiger partial charge is 0.395 e. The van der Waals surface area contributed by atoms with Gasteiger partial charge in [-0.2, -0.15) is 0 Å². The number of thiophene rings is 1. The maximum atomic E-state index is 13.6. The van der Waals surface area contributed by atoms with Crippen molar-refractivity contribution < 1.29 is 9.90 Å². The third-order valence-electron chi connectivity index (χ3n) is 6.02. The van der Waals surface area contributed by atoms with Crippen LogP contribution in [0.15, 0.2) is 52.1 Å². The number of amides is 1. The standard InChI is InChI=1S/C26H29N3O4S/c1-16(2)15-29-25-22(24(32)28(4)26(29)33)21(23(31)27(3)12-13-30)20(34-25)14-18-10-7-9-17-8-5-6-11-19(17)18/h5-11,16,30H,12-15H2,1-4H3. The van der Waals surface area contributed by atoms with Gasteiger partial charge in [0.15, 0.2) is 0 Å². The van der Waals surface area contributed by atoms with Crippen LogP contribution < -0.4 is 11.2 Å². The lowest BCUT2D eigenvalue weighted by Gasteiger charge is -2.17. The van der Waals surface area contributed by atoms with Crippen LogP contribution in [0.25, 0.3) is 21.0 Å². The molecule has 4 rings (SSSR count). The number of likely N-dealkylation sites (N-methyl/N-ethyl adjacent to an activating group) is 1. The van der Waals surface area contributed by atoms with Gasteiger partial charge in [-0.25, -0.2) is 4.79 Å². The first-order valence-electron chi connectivity index (χ1n) is 11.3. The number of aliphatic hydroxyl groups is 1. The smallest absolute Gasteiger partial charge is 0.331 e. The van der Waals surface area contributed by atoms with Crippen LogP contribution in [-0.4, -0.2) is 45.2 Å². The molecule has 0 fully saturated rings. The van der Waals surface area contributed by atoms with Crippen molar-refractivity contribution in [2.45, 2.75) is 26.8 Å². The lowest BCUT2D eigenvalue weighted by atomic mass is 9.99. The van der Waals surface area contributed by atoms with E-state index in [1.165, 1.54) is 23.3 Å². The van der Waals surface area contributed by atoms with Crippen molar-refractivity contribution in [1.29, 1.82) is 0 Å². The van der Waals surface area contributed by atoms with E-state index in [9.17, 15) is 19.5 Å². The Hall–Kier alpha value is -3.23. The molecule has 7 nitrogen and oxygen atoms in total. The topological polar surface area (TPSA) is 84.5 Å². The molecule has 2 aromatic heterocycles. The summed E-state index contributed by atoms with van der Waals surface area (Å²) in [6, 6.07) is 14.1. The third-order valence-corrected chi connectivity index (χ3v) is 7.23. The first-order valence-corrected chi connectivity index (χ1v) is 12.1. The Morgan fingerprint density at radius 2 is 1.82 bits per heavy atom. The number of aromatic nitrogens is 2. The molecular formula is C26H29N3O4S. The van der Waals surface area contributed by atoms with Gasteiger partial charge in [0, 0.05) is 38.5 Å². The van der Waals surface area contributed by atoms with Gasteiger partial charge < -0.3 is 10.0 Å². The average molecular weight is 480 g/mol. The molecule has 4 aromatic rings. The van der Waals surface area contributed by atoms with Crippen LogP contribution in [0.1, 0.15) is 34.6 Å². The van der Waals surface area contributed by atoms with Crippen molar-refractivity contribution in [2.24, 2.45) is 13.0 Å². The van der Waals surface area contributed by atoms with Gasteiger partial charge in [0.25, 0.3) is 11.5 Å². The van der Waals surface area contributed by atoms with Gasteiger partial charge in [-0.15, -0.1) is 11.3 Å². The highest BCUT2D eigenvalue weighted by Crippen LogP contribution is 2.33. The number of fused-ring (bicyclic) bond motifs is 2. The monoisotopic (exact) mass is 479 g/mol. The Morgan fingerprint density at radius 3 is 2.53 bits per heavy atom. The van der Waals surface area contributed by atoms with Crippen LogP contribution in [0.4, 0.5) is 0 Å². The Labute approximate surface area is 201 Å². The van der Waals surface area contributed by atoms with Crippen molar-refractivity contribution in [3.05, 3.63) is 79.3 Å². The lowest BCUT2D eigenvalue weighted by molar-refractivity contribution is 0.0768. The maximum Gasteiger partial charge on any atom is 0.331 e. The molecule has 0 aliphatic rings. The summed E-state index contributed by atoms with van der Waals surface area (Å²) < 4.78 is 2.70. The van der Waals surface area contributed by atoms with E-state index in [1.807, 2.05) is 56.3 Å². The molecule has 0 aliphatic carbocycles. The summed E-state index contributed by atoms with van der Waals surface area (Å²) in [6.07, 6.45) is 0.452. The van der Waals surface area contributed by atoms with Crippen LogP contribution in [0, 0.1) is 5.92 Å². The van der Waals surface area contributed by atoms with Gasteiger partial charge in [0.1, 0.15) is 4.83 Å². The van der Waals surface area contributed by atoms with Gasteiger partial charge in [-0.3, -0.25) is 18.7 Å². The van der Waals surface area contributed by atoms with Crippen molar-refractivity contribution in [2.75, 3.05) is 20.2 Å². The molecule has 0 atom stereocenters. The number of benzene rings is 2. The minimum Gasteiger partial charge on any atom is -0.395 e. The van der Waals surface area contributed by atoms with Gasteiger partial charge >= 0.3 is 5.69 Å². The van der Waals surface area contributed by atoms with Crippen LogP contribution in [-0.2, 0) is 20.0 Å². The number of rotatable bonds is 7. The van der Waals surface area contributed by atoms with Gasteiger partial charge in [0.05, 0.1) is 17.6 Å². The summed E-state index contributed by atoms with van der Waals surface area (Å²) in [5.74, 6) is -0.152. The number of carbonyl (C=O) groups excluding carboxylic acids is 1. The summed E-state index contributed by atoms with van der Waals surface area (Å²) in [5, 5.41) is 11.8. The normalized spacial score (nSPS) is 11.6. The minimum atomic E-state index is -0.471. The molecule has 178 valence electrons. The Morgan fingerprint density at radius 1 is 1.12 bits per heavy atom. The Balaban J connectivity index is 2.03. The van der Waals surface area contributed by atoms with E-state index < -0.39 is 5.56 Å². The van der Waals surface area contributed by atoms with Crippen LogP contribution in [0.2, 0.25) is 0 Å². The number of carbonyl (C=O) groups is 1. The minimum absolute atomic E-state index is 0.149. The fourth-order valence-corrected chi connectivity index (χ4v) is 5.62. The van der Waals surface area contributed by atoms with Crippen molar-refractivity contribution in [3.8, 4) is 0 Å². The molecule has 2 aromatic carbocycles. The highest BCUT2D eigenvalue weighted by molar-refractivity contribution is 7.19. The highest BCUT2D eigenvalue weighted by atomic mass is 32.1. The maximum absolute atomic E-state index is 13.6. The van der Waals surface area contributed by atoms with E-state index in [0.29, 0.717) is 23.4 Å². The Kier molecular flexibility index (Phi) is 6.72. The quantitative estimate of drug-likeness (QED) is 0.441. The zero-order chi connectivity index (χ0) is 24.6. The van der Waals surface area contributed by atoms with Crippen LogP contribution in [0.5, 0.6) is 0 Å². The molecule has 8 heteroatoms. The molecule has 0 saturated carbocycles. The van der Waals surface area contributed by atoms with Gasteiger partial charge in [-0.1, -0.05) is 56.3 Å². The first kappa shape index (κ1) is 23.9. The first-order chi connectivity index (χ1) is 16.2. The van der Waals surface area contributed by atoms with E-state index in [1.54, 1.807) is 11.6 Å². The van der Waals surface area contributed by atoms with E-state index in [2.05, 4.69) is 0 Å². The lowest BCUT2D eigenvalue weighted by Crippen LogP contribution is -2.39. The number of aliphatic hydroxyl groups excluding tert-OH is 1. The fourth-order valence-electron chi connectivity index (χ4n) is 4.31. The SMILES string of the molecule is CC(C)Cn1c(=O)n(C)c(=O)c2c(C(=O)N(C)CCO)c(Cc3cccc4ccccc34)sc21. The zero-order valence-electron chi connectivity index (χ0n) is 19.9. The summed E-state index contributed by atoms with van der Waals surface area (Å²) in [5.41, 5.74) is 0.508. The molecule has 1 N–H and O–H groups in total. The van der Waals surface area contributed by atoms with E-state index in [0.717, 1.165) is 25.8 Å². The van der Waals surface area contributed by atoms with Crippen molar-refractivity contribution >= 4 is 38.2 Å². The van der Waals surface area contributed by atoms with Crippen molar-refractivity contribution in [1.82, 2.24) is 14.0 Å². The molecule has 0 bridgehead atoms. The summed E-state index contributed by atoms with van der Waals surface area (Å²) in [6.45, 7) is 4.43. The van der Waals surface area contributed by atoms with Gasteiger partial charge in [-0.05, 0) is 22.3 Å². The second-order valence-corrected chi connectivity index (χ2v) is 10.1. The molecule has 1 amide bonds. The summed E-state index contributed by atoms with van der Waals surface area (Å²) in [4.78, 5) is 42.5. The molecule has 34 heavy (non-hydrogen) atoms. The zero-order valence-corrected chi connectivity index (χ0v) is 20.7. The van der Waals surface area contributed by atoms with Crippen LogP contribution in [0.3, 0.4) is 0 Å². The second-order valence-electron chi connectivity index (χ2n) is 9.00. The summed E-state index contributed by atoms with van der Waals surface area (Å²) >= 11 is 1.34. The fraction of sp³-hybridized carbons (Fsp3) is 0.346. The average Bonchev–Trinajstić information content (AvgIpc) is 3.19. The van der Waals surface area contributed by atoms with E-state index in [-0.39, 0.29) is 36.1 Å². The molecule has 0 aliphatic heterocycles. The van der Waals surface area contributed by atoms with Gasteiger partial charge in [0.2, 0.25) is 0 Å².